The van der Waals surface area contributed by atoms with E-state index in [9.17, 15) is 9.59 Å². The van der Waals surface area contributed by atoms with Gasteiger partial charge in [0.2, 0.25) is 5.91 Å². The molecule has 0 radical (unpaired) electrons. The number of hydrogen-bond donors (Lipinski definition) is 1. The standard InChI is InChI=1S/C24H28N2O4/c1-3-21-24(28)26(14-16-7-8-16)15-18-13-19(9-10-22(18)30-21)25-23(27)12-17-5-4-6-20(11-17)29-2/h4-6,9-11,13,16,21H,3,7-8,12,14-15H2,1-2H3,(H,25,27). The van der Waals surface area contributed by atoms with Crippen molar-refractivity contribution in [1.29, 1.82) is 0 Å². The van der Waals surface area contributed by atoms with Gasteiger partial charge in [-0.3, -0.25) is 9.59 Å². The highest BCUT2D eigenvalue weighted by Crippen LogP contribution is 2.34. The van der Waals surface area contributed by atoms with E-state index in [1.165, 1.54) is 12.8 Å². The summed E-state index contributed by atoms with van der Waals surface area (Å²) >= 11 is 0. The van der Waals surface area contributed by atoms with E-state index in [0.29, 0.717) is 24.6 Å². The SMILES string of the molecule is CCC1Oc2ccc(NC(=O)Cc3cccc(OC)c3)cc2CN(CC2CC2)C1=O. The first-order valence-electron chi connectivity index (χ1n) is 10.6. The molecule has 0 spiro atoms. The van der Waals surface area contributed by atoms with Gasteiger partial charge < -0.3 is 19.7 Å². The Balaban J connectivity index is 1.48. The van der Waals surface area contributed by atoms with Crippen LogP contribution in [0.5, 0.6) is 11.5 Å². The highest BCUT2D eigenvalue weighted by atomic mass is 16.5. The van der Waals surface area contributed by atoms with Crippen LogP contribution in [0.1, 0.15) is 37.3 Å². The summed E-state index contributed by atoms with van der Waals surface area (Å²) < 4.78 is 11.2. The number of amides is 2. The van der Waals surface area contributed by atoms with Crippen molar-refractivity contribution in [2.24, 2.45) is 5.92 Å². The summed E-state index contributed by atoms with van der Waals surface area (Å²) in [7, 11) is 1.61. The van der Waals surface area contributed by atoms with Crippen LogP contribution in [-0.4, -0.2) is 36.5 Å². The molecule has 0 saturated heterocycles. The second-order valence-corrected chi connectivity index (χ2v) is 8.08. The van der Waals surface area contributed by atoms with Gasteiger partial charge >= 0.3 is 0 Å². The van der Waals surface area contributed by atoms with E-state index in [-0.39, 0.29) is 18.2 Å². The van der Waals surface area contributed by atoms with Gasteiger partial charge in [-0.1, -0.05) is 19.1 Å². The minimum Gasteiger partial charge on any atom is -0.497 e. The minimum atomic E-state index is -0.446. The summed E-state index contributed by atoms with van der Waals surface area (Å²) in [5.41, 5.74) is 2.52. The molecule has 1 fully saturated rings. The minimum absolute atomic E-state index is 0.0595. The molecule has 1 unspecified atom stereocenters. The second-order valence-electron chi connectivity index (χ2n) is 8.08. The summed E-state index contributed by atoms with van der Waals surface area (Å²) in [6.07, 6.45) is 2.83. The van der Waals surface area contributed by atoms with Crippen molar-refractivity contribution < 1.29 is 19.1 Å². The fourth-order valence-corrected chi connectivity index (χ4v) is 3.78. The van der Waals surface area contributed by atoms with Crippen LogP contribution < -0.4 is 14.8 Å². The molecule has 2 amide bonds. The van der Waals surface area contributed by atoms with Crippen molar-refractivity contribution in [2.75, 3.05) is 19.0 Å². The topological polar surface area (TPSA) is 67.9 Å². The number of carbonyl (C=O) groups excluding carboxylic acids is 2. The zero-order chi connectivity index (χ0) is 21.1. The Hall–Kier alpha value is -3.02. The number of anilines is 1. The highest BCUT2D eigenvalue weighted by Gasteiger charge is 2.33. The molecule has 2 aromatic rings. The molecule has 0 bridgehead atoms. The molecule has 1 aliphatic heterocycles. The summed E-state index contributed by atoms with van der Waals surface area (Å²) in [6.45, 7) is 3.27. The fraction of sp³-hybridized carbons (Fsp3) is 0.417. The molecule has 1 N–H and O–H groups in total. The Morgan fingerprint density at radius 1 is 1.23 bits per heavy atom. The van der Waals surface area contributed by atoms with Crippen LogP contribution in [-0.2, 0) is 22.6 Å². The lowest BCUT2D eigenvalue weighted by Crippen LogP contribution is -2.40. The lowest BCUT2D eigenvalue weighted by atomic mass is 10.1. The molecule has 2 aromatic carbocycles. The molecule has 1 atom stereocenters. The van der Waals surface area contributed by atoms with E-state index in [1.54, 1.807) is 7.11 Å². The van der Waals surface area contributed by atoms with Crippen LogP contribution in [0.25, 0.3) is 0 Å². The van der Waals surface area contributed by atoms with Gasteiger partial charge in [-0.05, 0) is 61.1 Å². The Morgan fingerprint density at radius 2 is 2.07 bits per heavy atom. The van der Waals surface area contributed by atoms with Gasteiger partial charge in [0.25, 0.3) is 5.91 Å². The van der Waals surface area contributed by atoms with Gasteiger partial charge in [-0.2, -0.15) is 0 Å². The van der Waals surface area contributed by atoms with Crippen LogP contribution in [0.15, 0.2) is 42.5 Å². The molecular formula is C24H28N2O4. The van der Waals surface area contributed by atoms with E-state index in [0.717, 1.165) is 29.2 Å². The van der Waals surface area contributed by atoms with Gasteiger partial charge in [-0.25, -0.2) is 0 Å². The van der Waals surface area contributed by atoms with Crippen molar-refractivity contribution in [1.82, 2.24) is 4.90 Å². The lowest BCUT2D eigenvalue weighted by Gasteiger charge is -2.23. The van der Waals surface area contributed by atoms with Crippen LogP contribution in [0.2, 0.25) is 0 Å². The molecule has 30 heavy (non-hydrogen) atoms. The predicted octanol–water partition coefficient (Wildman–Crippen LogP) is 3.79. The number of nitrogens with zero attached hydrogens (tertiary/aromatic N) is 1. The van der Waals surface area contributed by atoms with E-state index >= 15 is 0 Å². The molecule has 158 valence electrons. The Kier molecular flexibility index (Phi) is 5.93. The van der Waals surface area contributed by atoms with Gasteiger partial charge in [-0.15, -0.1) is 0 Å². The van der Waals surface area contributed by atoms with E-state index in [4.69, 9.17) is 9.47 Å². The fourth-order valence-electron chi connectivity index (χ4n) is 3.78. The molecule has 1 aliphatic carbocycles. The number of benzene rings is 2. The third-order valence-electron chi connectivity index (χ3n) is 5.61. The van der Waals surface area contributed by atoms with Crippen molar-refractivity contribution in [3.8, 4) is 11.5 Å². The Morgan fingerprint density at radius 3 is 2.80 bits per heavy atom. The lowest BCUT2D eigenvalue weighted by molar-refractivity contribution is -0.138. The average molecular weight is 408 g/mol. The molecule has 2 aliphatic rings. The van der Waals surface area contributed by atoms with Crippen LogP contribution in [0, 0.1) is 5.92 Å². The number of carbonyl (C=O) groups is 2. The van der Waals surface area contributed by atoms with Gasteiger partial charge in [0.1, 0.15) is 11.5 Å². The number of methoxy groups -OCH3 is 1. The summed E-state index contributed by atoms with van der Waals surface area (Å²) in [4.78, 5) is 27.3. The van der Waals surface area contributed by atoms with Crippen molar-refractivity contribution in [3.63, 3.8) is 0 Å². The Bertz CT molecular complexity index is 939. The van der Waals surface area contributed by atoms with E-state index in [2.05, 4.69) is 5.32 Å². The van der Waals surface area contributed by atoms with Gasteiger partial charge in [0, 0.05) is 24.3 Å². The zero-order valence-corrected chi connectivity index (χ0v) is 17.5. The highest BCUT2D eigenvalue weighted by molar-refractivity contribution is 5.92. The van der Waals surface area contributed by atoms with Crippen LogP contribution >= 0.6 is 0 Å². The van der Waals surface area contributed by atoms with E-state index in [1.807, 2.05) is 54.3 Å². The molecule has 6 nitrogen and oxygen atoms in total. The molecular weight excluding hydrogens is 380 g/mol. The quantitative estimate of drug-likeness (QED) is 0.757. The van der Waals surface area contributed by atoms with Crippen LogP contribution in [0.4, 0.5) is 5.69 Å². The van der Waals surface area contributed by atoms with Crippen molar-refractivity contribution in [3.05, 3.63) is 53.6 Å². The number of rotatable bonds is 7. The molecule has 6 heteroatoms. The summed E-state index contributed by atoms with van der Waals surface area (Å²) in [5, 5.41) is 2.96. The van der Waals surface area contributed by atoms with Crippen molar-refractivity contribution in [2.45, 2.75) is 45.3 Å². The van der Waals surface area contributed by atoms with Crippen molar-refractivity contribution >= 4 is 17.5 Å². The maximum atomic E-state index is 12.8. The maximum Gasteiger partial charge on any atom is 0.263 e. The second kappa shape index (κ2) is 8.78. The molecule has 1 saturated carbocycles. The molecule has 1 heterocycles. The van der Waals surface area contributed by atoms with E-state index < -0.39 is 6.10 Å². The third kappa shape index (κ3) is 4.75. The molecule has 0 aromatic heterocycles. The summed E-state index contributed by atoms with van der Waals surface area (Å²) in [5.74, 6) is 2.02. The Labute approximate surface area is 177 Å². The predicted molar refractivity (Wildman–Crippen MR) is 115 cm³/mol. The normalized spacial score (nSPS) is 18.3. The van der Waals surface area contributed by atoms with Gasteiger partial charge in [0.15, 0.2) is 6.10 Å². The van der Waals surface area contributed by atoms with Gasteiger partial charge in [0.05, 0.1) is 13.5 Å². The number of fused-ring (bicyclic) bond motifs is 1. The molecule has 4 rings (SSSR count). The first-order chi connectivity index (χ1) is 14.6. The maximum absolute atomic E-state index is 12.8. The zero-order valence-electron chi connectivity index (χ0n) is 17.5. The first kappa shape index (κ1) is 20.3. The summed E-state index contributed by atoms with van der Waals surface area (Å²) in [6, 6.07) is 13.1. The largest absolute Gasteiger partial charge is 0.497 e. The number of ether oxygens (including phenoxy) is 2. The number of hydrogen-bond acceptors (Lipinski definition) is 4. The monoisotopic (exact) mass is 408 g/mol. The number of nitrogens with one attached hydrogen (secondary N) is 1. The smallest absolute Gasteiger partial charge is 0.263 e. The average Bonchev–Trinajstić information content (AvgIpc) is 3.57. The van der Waals surface area contributed by atoms with Crippen LogP contribution in [0.3, 0.4) is 0 Å². The first-order valence-corrected chi connectivity index (χ1v) is 10.6. The third-order valence-corrected chi connectivity index (χ3v) is 5.61.